The monoisotopic (exact) mass is 515 g/mol. The normalized spacial score (nSPS) is 33.9. The summed E-state index contributed by atoms with van der Waals surface area (Å²) < 4.78 is 6.99. The van der Waals surface area contributed by atoms with Crippen LogP contribution in [-0.4, -0.2) is 93.6 Å². The van der Waals surface area contributed by atoms with Crippen LogP contribution in [-0.2, 0) is 19.1 Å². The van der Waals surface area contributed by atoms with Crippen LogP contribution in [0.3, 0.4) is 0 Å². The number of amides is 3. The van der Waals surface area contributed by atoms with Gasteiger partial charge in [0.2, 0.25) is 17.7 Å². The van der Waals surface area contributed by atoms with Crippen molar-refractivity contribution in [2.45, 2.75) is 95.9 Å². The largest absolute Gasteiger partial charge is 0.396 e. The van der Waals surface area contributed by atoms with E-state index in [1.54, 1.807) is 4.90 Å². The lowest BCUT2D eigenvalue weighted by Crippen LogP contribution is -2.57. The fourth-order valence-corrected chi connectivity index (χ4v) is 7.08. The van der Waals surface area contributed by atoms with E-state index in [9.17, 15) is 19.5 Å². The number of carbonyl (C=O) groups is 3. The first kappa shape index (κ1) is 27.8. The molecule has 2 saturated heterocycles. The minimum absolute atomic E-state index is 0.0382. The summed E-state index contributed by atoms with van der Waals surface area (Å²) >= 11 is 0. The quantitative estimate of drug-likeness (QED) is 0.338. The number of ether oxygens (including phenoxy) is 1. The lowest BCUT2D eigenvalue weighted by molar-refractivity contribution is -0.155. The third-order valence-corrected chi connectivity index (χ3v) is 8.84. The number of nitrogens with zero attached hydrogens (tertiary/aromatic N) is 3. The zero-order chi connectivity index (χ0) is 26.8. The highest BCUT2D eigenvalue weighted by atomic mass is 16.5. The van der Waals surface area contributed by atoms with Crippen molar-refractivity contribution >= 4 is 17.7 Å². The smallest absolute Gasteiger partial charge is 0.249 e. The number of unbranched alkanes of at least 4 members (excludes halogenated alkanes) is 2. The standard InChI is InChI=1S/C29H45N3O5/c1-5-13-21(4)31-19-12-15-29-23(26(35)32(24(29)27(31)36)18-9-8-10-20-33)22-25(34)30(16-6-2)17-11-14-28(22,7-3)37-29/h11-12,14-15,21-24,33H,5-10,13,16-20H2,1-4H3/t21?,22-,23-,24?,28+,29-/m0/s1. The van der Waals surface area contributed by atoms with Crippen LogP contribution in [0.1, 0.15) is 72.6 Å². The highest BCUT2D eigenvalue weighted by Crippen LogP contribution is 2.58. The first-order valence-corrected chi connectivity index (χ1v) is 14.4. The molecular weight excluding hydrogens is 470 g/mol. The SMILES string of the molecule is CCCC(C)N1CC=C[C@]23O[C@]4(CC)C=CCN(CCC)C(=O)[C@@H]4[C@H]2C(=O)N(CCCCCO)C3C1=O. The van der Waals surface area contributed by atoms with Gasteiger partial charge in [-0.15, -0.1) is 0 Å². The van der Waals surface area contributed by atoms with Crippen LogP contribution in [0.4, 0.5) is 0 Å². The van der Waals surface area contributed by atoms with E-state index < -0.39 is 29.1 Å². The minimum Gasteiger partial charge on any atom is -0.396 e. The Bertz CT molecular complexity index is 935. The molecule has 0 aromatic heterocycles. The summed E-state index contributed by atoms with van der Waals surface area (Å²) in [6, 6.07) is -0.760. The van der Waals surface area contributed by atoms with Crippen LogP contribution in [0.25, 0.3) is 0 Å². The molecule has 0 saturated carbocycles. The van der Waals surface area contributed by atoms with Gasteiger partial charge in [0, 0.05) is 38.8 Å². The van der Waals surface area contributed by atoms with Crippen molar-refractivity contribution in [3.63, 3.8) is 0 Å². The van der Waals surface area contributed by atoms with Crippen molar-refractivity contribution in [1.29, 1.82) is 0 Å². The molecule has 0 bridgehead atoms. The second kappa shape index (κ2) is 11.3. The summed E-state index contributed by atoms with van der Waals surface area (Å²) in [5, 5.41) is 9.24. The molecule has 4 aliphatic heterocycles. The van der Waals surface area contributed by atoms with Gasteiger partial charge in [0.15, 0.2) is 0 Å². The summed E-state index contributed by atoms with van der Waals surface area (Å²) in [7, 11) is 0. The average Bonchev–Trinajstić information content (AvgIpc) is 3.16. The van der Waals surface area contributed by atoms with Crippen molar-refractivity contribution in [2.75, 3.05) is 32.8 Å². The van der Waals surface area contributed by atoms with Gasteiger partial charge in [-0.3, -0.25) is 14.4 Å². The lowest BCUT2D eigenvalue weighted by Gasteiger charge is -2.39. The highest BCUT2D eigenvalue weighted by molar-refractivity contribution is 6.00. The maximum Gasteiger partial charge on any atom is 0.249 e. The molecule has 4 rings (SSSR count). The Morgan fingerprint density at radius 1 is 0.946 bits per heavy atom. The second-order valence-corrected chi connectivity index (χ2v) is 11.2. The number of likely N-dealkylation sites (tertiary alicyclic amines) is 1. The Hall–Kier alpha value is -2.19. The van der Waals surface area contributed by atoms with Crippen LogP contribution in [0.15, 0.2) is 24.3 Å². The van der Waals surface area contributed by atoms with Gasteiger partial charge in [0.05, 0.1) is 17.4 Å². The molecule has 8 heteroatoms. The third kappa shape index (κ3) is 4.54. The van der Waals surface area contributed by atoms with E-state index in [1.807, 2.05) is 48.0 Å². The van der Waals surface area contributed by atoms with Crippen LogP contribution in [0.5, 0.6) is 0 Å². The average molecular weight is 516 g/mol. The van der Waals surface area contributed by atoms with Crippen LogP contribution in [0.2, 0.25) is 0 Å². The second-order valence-electron chi connectivity index (χ2n) is 11.2. The first-order chi connectivity index (χ1) is 17.8. The summed E-state index contributed by atoms with van der Waals surface area (Å²) in [5.74, 6) is -1.71. The van der Waals surface area contributed by atoms with E-state index >= 15 is 0 Å². The van der Waals surface area contributed by atoms with E-state index in [0.717, 1.165) is 25.7 Å². The molecular formula is C29H45N3O5. The number of aliphatic hydroxyl groups excluding tert-OH is 1. The summed E-state index contributed by atoms with van der Waals surface area (Å²) in [5.41, 5.74) is -2.10. The number of hydrogen-bond donors (Lipinski definition) is 1. The summed E-state index contributed by atoms with van der Waals surface area (Å²) in [4.78, 5) is 48.1. The number of carbonyl (C=O) groups excluding carboxylic acids is 3. The zero-order valence-electron chi connectivity index (χ0n) is 23.0. The van der Waals surface area contributed by atoms with Crippen molar-refractivity contribution in [3.8, 4) is 0 Å². The zero-order valence-corrected chi connectivity index (χ0v) is 23.0. The molecule has 6 atom stereocenters. The van der Waals surface area contributed by atoms with E-state index in [0.29, 0.717) is 45.4 Å². The van der Waals surface area contributed by atoms with E-state index in [2.05, 4.69) is 13.8 Å². The molecule has 1 spiro atoms. The molecule has 206 valence electrons. The van der Waals surface area contributed by atoms with E-state index in [1.165, 1.54) is 0 Å². The molecule has 37 heavy (non-hydrogen) atoms. The molecule has 0 radical (unpaired) electrons. The van der Waals surface area contributed by atoms with E-state index in [4.69, 9.17) is 4.74 Å². The van der Waals surface area contributed by atoms with Crippen molar-refractivity contribution in [2.24, 2.45) is 11.8 Å². The van der Waals surface area contributed by atoms with Crippen LogP contribution < -0.4 is 0 Å². The number of hydrogen-bond acceptors (Lipinski definition) is 5. The predicted molar refractivity (Wildman–Crippen MR) is 141 cm³/mol. The minimum atomic E-state index is -1.18. The maximum atomic E-state index is 14.3. The van der Waals surface area contributed by atoms with Gasteiger partial charge in [-0.25, -0.2) is 0 Å². The maximum absolute atomic E-state index is 14.3. The highest BCUT2D eigenvalue weighted by Gasteiger charge is 2.75. The molecule has 0 aliphatic carbocycles. The number of aliphatic hydroxyl groups is 1. The molecule has 1 N–H and O–H groups in total. The van der Waals surface area contributed by atoms with E-state index in [-0.39, 0.29) is 30.4 Å². The fraction of sp³-hybridized carbons (Fsp3) is 0.759. The Morgan fingerprint density at radius 2 is 1.70 bits per heavy atom. The Labute approximate surface area is 221 Å². The first-order valence-electron chi connectivity index (χ1n) is 14.4. The Morgan fingerprint density at radius 3 is 2.38 bits per heavy atom. The van der Waals surface area contributed by atoms with Crippen LogP contribution in [0, 0.1) is 11.8 Å². The van der Waals surface area contributed by atoms with Crippen molar-refractivity contribution in [1.82, 2.24) is 14.7 Å². The van der Waals surface area contributed by atoms with Crippen molar-refractivity contribution < 1.29 is 24.2 Å². The summed E-state index contributed by atoms with van der Waals surface area (Å²) in [6.07, 6.45) is 13.2. The predicted octanol–water partition coefficient (Wildman–Crippen LogP) is 2.91. The van der Waals surface area contributed by atoms with Gasteiger partial charge in [-0.2, -0.15) is 0 Å². The summed E-state index contributed by atoms with van der Waals surface area (Å²) in [6.45, 7) is 10.3. The van der Waals surface area contributed by atoms with Gasteiger partial charge in [-0.1, -0.05) is 51.5 Å². The molecule has 4 heterocycles. The number of rotatable bonds is 11. The van der Waals surface area contributed by atoms with Crippen molar-refractivity contribution in [3.05, 3.63) is 24.3 Å². The Balaban J connectivity index is 1.81. The topological polar surface area (TPSA) is 90.4 Å². The lowest BCUT2D eigenvalue weighted by atomic mass is 9.73. The van der Waals surface area contributed by atoms with Gasteiger partial charge >= 0.3 is 0 Å². The fourth-order valence-electron chi connectivity index (χ4n) is 7.08. The Kier molecular flexibility index (Phi) is 8.48. The molecule has 3 amide bonds. The third-order valence-electron chi connectivity index (χ3n) is 8.84. The molecule has 4 aliphatic rings. The molecule has 2 unspecified atom stereocenters. The van der Waals surface area contributed by atoms with Gasteiger partial charge < -0.3 is 24.5 Å². The molecule has 0 aromatic rings. The molecule has 8 nitrogen and oxygen atoms in total. The van der Waals surface area contributed by atoms with Gasteiger partial charge in [0.25, 0.3) is 0 Å². The molecule has 0 aromatic carbocycles. The molecule has 2 fully saturated rings. The van der Waals surface area contributed by atoms with Gasteiger partial charge in [-0.05, 0) is 45.4 Å². The van der Waals surface area contributed by atoms with Crippen LogP contribution >= 0.6 is 0 Å². The number of fused-ring (bicyclic) bond motifs is 2. The van der Waals surface area contributed by atoms with Gasteiger partial charge in [0.1, 0.15) is 11.6 Å².